The number of fused-ring (bicyclic) bond motifs is 30. The van der Waals surface area contributed by atoms with Crippen LogP contribution in [0, 0.1) is 0 Å². The first kappa shape index (κ1) is 70.7. The van der Waals surface area contributed by atoms with Gasteiger partial charge in [0.05, 0.1) is 77.7 Å². The third-order valence-electron chi connectivity index (χ3n) is 28.6. The summed E-state index contributed by atoms with van der Waals surface area (Å²) in [5.41, 5.74) is 40.9. The molecule has 20 aromatic carbocycles. The third-order valence-corrected chi connectivity index (χ3v) is 28.6. The number of benzene rings is 20. The summed E-state index contributed by atoms with van der Waals surface area (Å²) in [6.45, 7) is 0. The molecule has 6 heteroatoms. The van der Waals surface area contributed by atoms with E-state index >= 15 is 0 Å². The van der Waals surface area contributed by atoms with Gasteiger partial charge in [0, 0.05) is 77.2 Å². The van der Waals surface area contributed by atoms with E-state index < -0.39 is 10.8 Å². The topological polar surface area (TPSA) is 26.2 Å². The summed E-state index contributed by atoms with van der Waals surface area (Å²) < 4.78 is 10.1. The van der Waals surface area contributed by atoms with E-state index in [1.165, 1.54) is 149 Å². The summed E-state index contributed by atoms with van der Waals surface area (Å²) in [4.78, 5) is 5.05. The van der Waals surface area contributed by atoms with Crippen LogP contribution in [0.3, 0.4) is 0 Å². The molecule has 128 heavy (non-hydrogen) atoms. The van der Waals surface area contributed by atoms with Crippen LogP contribution < -0.4 is 9.80 Å². The van der Waals surface area contributed by atoms with Gasteiger partial charge in [-0.1, -0.05) is 285 Å². The zero-order valence-corrected chi connectivity index (χ0v) is 69.6. The molecule has 4 aliphatic rings. The fourth-order valence-corrected chi connectivity index (χ4v) is 23.5. The van der Waals surface area contributed by atoms with Gasteiger partial charge in [0.15, 0.2) is 0 Å². The van der Waals surface area contributed by atoms with Gasteiger partial charge in [0.1, 0.15) is 0 Å². The molecule has 0 bridgehead atoms. The third kappa shape index (κ3) is 9.69. The highest BCUT2D eigenvalue weighted by molar-refractivity contribution is 6.19. The predicted octanol–water partition coefficient (Wildman–Crippen LogP) is 31.4. The molecule has 4 aromatic heterocycles. The number of para-hydroxylation sites is 11. The largest absolute Gasteiger partial charge is 0.310 e. The first-order valence-corrected chi connectivity index (χ1v) is 44.4. The smallest absolute Gasteiger partial charge is 0.0755 e. The average molecular weight is 1630 g/mol. The van der Waals surface area contributed by atoms with E-state index in [9.17, 15) is 0 Å². The van der Waals surface area contributed by atoms with Gasteiger partial charge in [-0.15, -0.1) is 0 Å². The lowest BCUT2D eigenvalue weighted by atomic mass is 9.64. The standard InChI is InChI=1S/C122H76N6/c1-6-33-77(34-7-1)78-35-30-36-79(65-78)80-37-31-47-87(66-80)127-111-58-25-18-51-91(111)99-71-95-96-72-100-92-64-63-82(68-116(92)126(86-45-14-5-15-46-86)119(100)75-107(96)121(108(95)76-120(99)127)101-52-19-26-59-112(101)125(85-43-12-4-13-44-85)113-60-27-20-53-102(113)121)81-38-32-48-88(67-81)128-114-61-28-21-54-103(114)122(104-55-22-29-62-115(104)128)105-73-117-97(89-49-16-23-56-109(89)123(117)83-39-8-2-9-40-83)69-93(105)94-70-98-90-50-17-24-57-110(90)124(118(98)74-106(94)122)84-41-10-3-11-42-84/h1-76H. The molecule has 0 amide bonds. The maximum Gasteiger partial charge on any atom is 0.0755 e. The van der Waals surface area contributed by atoms with Crippen molar-refractivity contribution in [3.05, 3.63) is 506 Å². The van der Waals surface area contributed by atoms with Crippen molar-refractivity contribution >= 4 is 121 Å². The molecule has 0 unspecified atom stereocenters. The predicted molar refractivity (Wildman–Crippen MR) is 531 cm³/mol. The van der Waals surface area contributed by atoms with Crippen LogP contribution in [0.25, 0.3) is 166 Å². The van der Waals surface area contributed by atoms with Gasteiger partial charge in [-0.2, -0.15) is 0 Å². The SMILES string of the molecule is c1ccc(-c2cccc(-c3cccc(-n4c5ccccc5c5cc6c(cc54)C4(c5cc7c(cc5-6)c5ccc(-c6cccc(N8c9ccccc9C9(c%10cc%11c(cc%10-c%10cc%12c%13ccccc%13n(-c%13ccccc%13)c%12cc%109)c9ccccc9n%11-c9ccccc9)c9ccccc98)c6)cc5n7-c5ccccc5)c5ccccc5N(c5ccccc5)c5ccccc54)c3)c2)cc1. The van der Waals surface area contributed by atoms with Crippen molar-refractivity contribution in [2.45, 2.75) is 10.8 Å². The number of rotatable bonds is 9. The summed E-state index contributed by atoms with van der Waals surface area (Å²) in [5, 5.41) is 9.72. The number of nitrogens with zero attached hydrogens (tertiary/aromatic N) is 6. The van der Waals surface area contributed by atoms with Gasteiger partial charge in [-0.05, 0) is 276 Å². The summed E-state index contributed by atoms with van der Waals surface area (Å²) in [5.74, 6) is 0. The van der Waals surface area contributed by atoms with E-state index in [1.54, 1.807) is 0 Å². The zero-order chi connectivity index (χ0) is 83.6. The van der Waals surface area contributed by atoms with Crippen LogP contribution in [0.4, 0.5) is 34.1 Å². The quantitative estimate of drug-likeness (QED) is 0.144. The zero-order valence-electron chi connectivity index (χ0n) is 69.6. The molecule has 0 radical (unpaired) electrons. The lowest BCUT2D eigenvalue weighted by Crippen LogP contribution is -2.36. The Balaban J connectivity index is 0.647. The van der Waals surface area contributed by atoms with Gasteiger partial charge in [0.2, 0.25) is 0 Å². The lowest BCUT2D eigenvalue weighted by molar-refractivity contribution is 0.754. The molecule has 0 saturated carbocycles. The highest BCUT2D eigenvalue weighted by Gasteiger charge is 2.55. The van der Waals surface area contributed by atoms with Gasteiger partial charge in [-0.3, -0.25) is 0 Å². The molecule has 0 fully saturated rings. The Labute approximate surface area is 739 Å². The van der Waals surface area contributed by atoms with Gasteiger partial charge in [0.25, 0.3) is 0 Å². The Kier molecular flexibility index (Phi) is 14.8. The maximum atomic E-state index is 2.60. The van der Waals surface area contributed by atoms with E-state index in [0.717, 1.165) is 95.6 Å². The molecule has 2 aliphatic carbocycles. The maximum absolute atomic E-state index is 2.60. The van der Waals surface area contributed by atoms with Gasteiger partial charge < -0.3 is 28.1 Å². The van der Waals surface area contributed by atoms with Crippen LogP contribution in [0.2, 0.25) is 0 Å². The monoisotopic (exact) mass is 1620 g/mol. The van der Waals surface area contributed by atoms with E-state index in [0.29, 0.717) is 0 Å². The van der Waals surface area contributed by atoms with Crippen LogP contribution in [0.1, 0.15) is 44.5 Å². The van der Waals surface area contributed by atoms with Crippen LogP contribution >= 0.6 is 0 Å². The van der Waals surface area contributed by atoms with Crippen molar-refractivity contribution in [1.82, 2.24) is 18.3 Å². The highest BCUT2D eigenvalue weighted by atomic mass is 15.2. The average Bonchev–Trinajstić information content (AvgIpc) is 1.49. The Morgan fingerprint density at radius 1 is 0.133 bits per heavy atom. The van der Waals surface area contributed by atoms with Crippen LogP contribution in [-0.4, -0.2) is 18.3 Å². The molecule has 6 nitrogen and oxygen atoms in total. The fraction of sp³-hybridized carbons (Fsp3) is 0.0164. The Hall–Kier alpha value is -16.8. The van der Waals surface area contributed by atoms with Crippen molar-refractivity contribution in [1.29, 1.82) is 0 Å². The van der Waals surface area contributed by atoms with Crippen LogP contribution in [0.15, 0.2) is 461 Å². The summed E-state index contributed by atoms with van der Waals surface area (Å²) in [6, 6.07) is 174. The molecule has 2 spiro atoms. The summed E-state index contributed by atoms with van der Waals surface area (Å²) in [6.07, 6.45) is 0. The second-order valence-electron chi connectivity index (χ2n) is 34.9. The first-order chi connectivity index (χ1) is 63.5. The molecular weight excluding hydrogens is 1550 g/mol. The van der Waals surface area contributed by atoms with Crippen molar-refractivity contribution in [3.63, 3.8) is 0 Å². The second-order valence-corrected chi connectivity index (χ2v) is 34.9. The first-order valence-electron chi connectivity index (χ1n) is 44.4. The van der Waals surface area contributed by atoms with E-state index in [2.05, 4.69) is 489 Å². The Bertz CT molecular complexity index is 8570. The number of anilines is 6. The molecule has 0 saturated heterocycles. The molecular formula is C122H76N6. The molecule has 28 rings (SSSR count). The minimum Gasteiger partial charge on any atom is -0.310 e. The molecule has 6 heterocycles. The second kappa shape index (κ2) is 26.9. The molecule has 0 N–H and O–H groups in total. The summed E-state index contributed by atoms with van der Waals surface area (Å²) >= 11 is 0. The number of hydrogen-bond donors (Lipinski definition) is 0. The number of aromatic nitrogens is 4. The van der Waals surface area contributed by atoms with Crippen LogP contribution in [-0.2, 0) is 10.8 Å². The van der Waals surface area contributed by atoms with Crippen molar-refractivity contribution in [2.24, 2.45) is 0 Å². The minimum atomic E-state index is -0.807. The Morgan fingerprint density at radius 2 is 0.391 bits per heavy atom. The Morgan fingerprint density at radius 3 is 0.797 bits per heavy atom. The summed E-state index contributed by atoms with van der Waals surface area (Å²) in [7, 11) is 0. The van der Waals surface area contributed by atoms with E-state index in [4.69, 9.17) is 0 Å². The molecule has 0 atom stereocenters. The van der Waals surface area contributed by atoms with Crippen molar-refractivity contribution in [2.75, 3.05) is 9.80 Å². The molecule has 2 aliphatic heterocycles. The number of hydrogen-bond acceptors (Lipinski definition) is 2. The van der Waals surface area contributed by atoms with E-state index in [1.807, 2.05) is 0 Å². The van der Waals surface area contributed by atoms with Gasteiger partial charge >= 0.3 is 0 Å². The molecule has 594 valence electrons. The lowest BCUT2D eigenvalue weighted by Gasteiger charge is -2.45. The van der Waals surface area contributed by atoms with Crippen molar-refractivity contribution < 1.29 is 0 Å². The van der Waals surface area contributed by atoms with E-state index in [-0.39, 0.29) is 0 Å². The van der Waals surface area contributed by atoms with Gasteiger partial charge in [-0.25, -0.2) is 0 Å². The molecule has 24 aromatic rings. The normalized spacial score (nSPS) is 13.6. The highest BCUT2D eigenvalue weighted by Crippen LogP contribution is 2.68. The minimum absolute atomic E-state index is 0.786. The fourth-order valence-electron chi connectivity index (χ4n) is 23.5. The van der Waals surface area contributed by atoms with Crippen molar-refractivity contribution in [3.8, 4) is 78.4 Å². The van der Waals surface area contributed by atoms with Crippen LogP contribution in [0.5, 0.6) is 0 Å².